The molecule has 256 valence electrons. The summed E-state index contributed by atoms with van der Waals surface area (Å²) in [6.07, 6.45) is -0.398. The molecular formula is C40H35FN6O4. The lowest BCUT2D eigenvalue weighted by Gasteiger charge is -2.48. The van der Waals surface area contributed by atoms with Crippen LogP contribution in [0.1, 0.15) is 35.1 Å². The van der Waals surface area contributed by atoms with Crippen molar-refractivity contribution in [3.05, 3.63) is 131 Å². The third kappa shape index (κ3) is 3.91. The molecule has 6 heterocycles. The van der Waals surface area contributed by atoms with E-state index in [1.165, 1.54) is 6.07 Å². The number of hydrogen-bond donors (Lipinski definition) is 4. The first kappa shape index (κ1) is 30.1. The van der Waals surface area contributed by atoms with Gasteiger partial charge in [-0.25, -0.2) is 4.39 Å². The van der Waals surface area contributed by atoms with Crippen molar-refractivity contribution in [2.45, 2.75) is 73.0 Å². The summed E-state index contributed by atoms with van der Waals surface area (Å²) in [5.41, 5.74) is 3.00. The molecule has 4 fully saturated rings. The molecule has 6 aliphatic rings. The van der Waals surface area contributed by atoms with Crippen molar-refractivity contribution >= 4 is 35.0 Å². The maximum absolute atomic E-state index is 14.8. The van der Waals surface area contributed by atoms with Gasteiger partial charge in [-0.2, -0.15) is 0 Å². The second kappa shape index (κ2) is 10.6. The van der Waals surface area contributed by atoms with Crippen LogP contribution in [-0.2, 0) is 42.8 Å². The number of nitrogens with zero attached hydrogens (tertiary/aromatic N) is 2. The zero-order valence-corrected chi connectivity index (χ0v) is 27.5. The van der Waals surface area contributed by atoms with Crippen molar-refractivity contribution in [1.29, 1.82) is 0 Å². The summed E-state index contributed by atoms with van der Waals surface area (Å²) in [6, 6.07) is 28.5. The number of carbonyl (C=O) groups is 4. The van der Waals surface area contributed by atoms with Gasteiger partial charge in [0.1, 0.15) is 42.3 Å². The first-order valence-electron chi connectivity index (χ1n) is 17.6. The molecule has 10 rings (SSSR count). The van der Waals surface area contributed by atoms with E-state index in [1.807, 2.05) is 72.8 Å². The van der Waals surface area contributed by atoms with Crippen LogP contribution in [0, 0.1) is 5.82 Å². The summed E-state index contributed by atoms with van der Waals surface area (Å²) >= 11 is 0. The molecule has 4 aromatic carbocycles. The van der Waals surface area contributed by atoms with Crippen molar-refractivity contribution in [1.82, 2.24) is 20.4 Å². The first-order chi connectivity index (χ1) is 24.8. The summed E-state index contributed by atoms with van der Waals surface area (Å²) in [4.78, 5) is 61.0. The second-order valence-electron chi connectivity index (χ2n) is 14.7. The number of rotatable bonds is 5. The fraction of sp³-hybridized carbons (Fsp3) is 0.300. The molecule has 8 atom stereocenters. The Morgan fingerprint density at radius 2 is 1.04 bits per heavy atom. The highest BCUT2D eigenvalue weighted by atomic mass is 19.1. The molecule has 0 spiro atoms. The van der Waals surface area contributed by atoms with E-state index in [0.29, 0.717) is 18.4 Å². The van der Waals surface area contributed by atoms with Gasteiger partial charge in [0.05, 0.1) is 10.8 Å². The van der Waals surface area contributed by atoms with E-state index in [2.05, 4.69) is 27.3 Å². The molecule has 4 saturated heterocycles. The number of hydrogen-bond acceptors (Lipinski definition) is 6. The summed E-state index contributed by atoms with van der Waals surface area (Å²) in [7, 11) is 0. The number of nitrogens with one attached hydrogen (secondary N) is 4. The van der Waals surface area contributed by atoms with Crippen LogP contribution in [0.3, 0.4) is 0 Å². The molecule has 0 bridgehead atoms. The second-order valence-corrected chi connectivity index (χ2v) is 14.7. The van der Waals surface area contributed by atoms with Gasteiger partial charge in [-0.05, 0) is 53.3 Å². The highest BCUT2D eigenvalue weighted by Gasteiger charge is 2.78. The number of benzene rings is 4. The average molecular weight is 683 g/mol. The van der Waals surface area contributed by atoms with Crippen LogP contribution in [0.25, 0.3) is 0 Å². The molecule has 0 saturated carbocycles. The van der Waals surface area contributed by atoms with Crippen LogP contribution in [-0.4, -0.2) is 69.9 Å². The van der Waals surface area contributed by atoms with Crippen LogP contribution < -0.4 is 21.3 Å². The predicted octanol–water partition coefficient (Wildman–Crippen LogP) is 3.19. The molecule has 4 aromatic rings. The third-order valence-corrected chi connectivity index (χ3v) is 12.4. The zero-order valence-electron chi connectivity index (χ0n) is 27.5. The minimum absolute atomic E-state index is 0.0125. The van der Waals surface area contributed by atoms with E-state index >= 15 is 0 Å². The maximum Gasteiger partial charge on any atom is 0.247 e. The van der Waals surface area contributed by atoms with Crippen molar-refractivity contribution < 1.29 is 23.6 Å². The molecular weight excluding hydrogens is 647 g/mol. The number of para-hydroxylation sites is 2. The number of carbonyl (C=O) groups excluding carboxylic acids is 4. The standard InChI is InChI=1S/C40H35FN6O4/c41-26-15-7-4-12-23(26)19-30-36(51)47-32(34(49)43-30)21-40(25-14-6-9-17-28(25)45-38(40)47)39-20-31-33(48)42-29(18-22-10-2-1-3-11-22)35(50)46(31)37(39)44-27-16-8-5-13-24(27)39/h1-17,29-32,37-38,44-45H,18-21H2,(H,42,48)(H,43,49)/t29-,30-,31-,32-,37+,38+,39-,40-/m0/s1. The van der Waals surface area contributed by atoms with Crippen LogP contribution in [0.4, 0.5) is 15.8 Å². The molecule has 10 nitrogen and oxygen atoms in total. The van der Waals surface area contributed by atoms with Crippen molar-refractivity contribution in [3.63, 3.8) is 0 Å². The normalized spacial score (nSPS) is 32.5. The van der Waals surface area contributed by atoms with Gasteiger partial charge in [0.15, 0.2) is 0 Å². The van der Waals surface area contributed by atoms with Crippen molar-refractivity contribution in [2.24, 2.45) is 0 Å². The molecule has 0 radical (unpaired) electrons. The minimum Gasteiger partial charge on any atom is -0.364 e. The molecule has 0 unspecified atom stereocenters. The van der Waals surface area contributed by atoms with Gasteiger partial charge >= 0.3 is 0 Å². The Labute approximate surface area is 293 Å². The Kier molecular flexibility index (Phi) is 6.29. The lowest BCUT2D eigenvalue weighted by atomic mass is 9.54. The Morgan fingerprint density at radius 1 is 0.569 bits per heavy atom. The van der Waals surface area contributed by atoms with Crippen LogP contribution in [0.5, 0.6) is 0 Å². The molecule has 4 amide bonds. The van der Waals surface area contributed by atoms with Gasteiger partial charge in [0.2, 0.25) is 23.6 Å². The average Bonchev–Trinajstić information content (AvgIpc) is 3.85. The topological polar surface area (TPSA) is 123 Å². The highest BCUT2D eigenvalue weighted by Crippen LogP contribution is 2.68. The Morgan fingerprint density at radius 3 is 1.59 bits per heavy atom. The number of amides is 4. The van der Waals surface area contributed by atoms with E-state index in [1.54, 1.807) is 28.0 Å². The lowest BCUT2D eigenvalue weighted by molar-refractivity contribution is -0.149. The molecule has 51 heavy (non-hydrogen) atoms. The van der Waals surface area contributed by atoms with Gasteiger partial charge in [0, 0.05) is 24.2 Å². The molecule has 0 aromatic heterocycles. The summed E-state index contributed by atoms with van der Waals surface area (Å²) in [5, 5.41) is 13.3. The van der Waals surface area contributed by atoms with E-state index in [0.717, 1.165) is 28.1 Å². The van der Waals surface area contributed by atoms with Gasteiger partial charge in [-0.1, -0.05) is 84.9 Å². The summed E-state index contributed by atoms with van der Waals surface area (Å²) < 4.78 is 14.8. The Hall–Kier alpha value is -5.71. The van der Waals surface area contributed by atoms with Crippen LogP contribution in [0.2, 0.25) is 0 Å². The molecule has 4 N–H and O–H groups in total. The number of piperazine rings is 2. The number of fused-ring (bicyclic) bond motifs is 11. The number of halogens is 1. The van der Waals surface area contributed by atoms with Gasteiger partial charge in [-0.3, -0.25) is 19.2 Å². The van der Waals surface area contributed by atoms with Gasteiger partial charge in [-0.15, -0.1) is 0 Å². The lowest BCUT2D eigenvalue weighted by Crippen LogP contribution is -2.67. The molecule has 0 aliphatic carbocycles. The monoisotopic (exact) mass is 682 g/mol. The predicted molar refractivity (Wildman–Crippen MR) is 186 cm³/mol. The smallest absolute Gasteiger partial charge is 0.247 e. The van der Waals surface area contributed by atoms with E-state index in [4.69, 9.17) is 0 Å². The van der Waals surface area contributed by atoms with E-state index in [-0.39, 0.29) is 36.5 Å². The Balaban J connectivity index is 1.12. The SMILES string of the molecule is O=C1N[C@@H](Cc2ccccc2)C(=O)N2[C@H]3Nc4ccccc4[C@@]3([C@]34C[C@H]5C(=O)N[C@@H](Cc6ccccc6F)C(=O)N5[C@H]3Nc3ccccc34)C[C@@H]12. The summed E-state index contributed by atoms with van der Waals surface area (Å²) in [6.45, 7) is 0. The zero-order chi connectivity index (χ0) is 34.6. The van der Waals surface area contributed by atoms with Crippen molar-refractivity contribution in [2.75, 3.05) is 10.6 Å². The maximum atomic E-state index is 14.8. The van der Waals surface area contributed by atoms with Gasteiger partial charge in [0.25, 0.3) is 0 Å². The van der Waals surface area contributed by atoms with Crippen molar-refractivity contribution in [3.8, 4) is 0 Å². The molecule has 6 aliphatic heterocycles. The van der Waals surface area contributed by atoms with Gasteiger partial charge < -0.3 is 31.1 Å². The molecule has 11 heteroatoms. The highest BCUT2D eigenvalue weighted by molar-refractivity contribution is 6.01. The minimum atomic E-state index is -0.963. The number of anilines is 2. The quantitative estimate of drug-likeness (QED) is 0.257. The van der Waals surface area contributed by atoms with Crippen LogP contribution >= 0.6 is 0 Å². The fourth-order valence-corrected chi connectivity index (χ4v) is 10.4. The van der Waals surface area contributed by atoms with E-state index < -0.39 is 53.1 Å². The summed E-state index contributed by atoms with van der Waals surface area (Å²) in [5.74, 6) is -1.42. The first-order valence-corrected chi connectivity index (χ1v) is 17.6. The Bertz CT molecular complexity index is 2160. The fourth-order valence-electron chi connectivity index (χ4n) is 10.4. The largest absolute Gasteiger partial charge is 0.364 e. The van der Waals surface area contributed by atoms with Crippen LogP contribution in [0.15, 0.2) is 103 Å². The third-order valence-electron chi connectivity index (χ3n) is 12.4. The van der Waals surface area contributed by atoms with E-state index in [9.17, 15) is 23.6 Å².